The molecule has 0 saturated carbocycles. The Morgan fingerprint density at radius 1 is 0.882 bits per heavy atom. The molecule has 0 atom stereocenters. The van der Waals surface area contributed by atoms with E-state index in [2.05, 4.69) is 35.3 Å². The maximum absolute atomic E-state index is 12.2. The van der Waals surface area contributed by atoms with E-state index in [0.717, 1.165) is 67.8 Å². The Bertz CT molecular complexity index is 701. The number of quaternary nitrogens is 1. The van der Waals surface area contributed by atoms with Crippen molar-refractivity contribution in [1.82, 2.24) is 10.6 Å². The van der Waals surface area contributed by atoms with E-state index in [1.807, 2.05) is 64.0 Å². The number of rotatable bonds is 17. The zero-order valence-electron chi connectivity index (χ0n) is 20.7. The SMILES string of the molecule is CSCCSCCNC(=O)C[n+]1ccc(C2CC[NH+](CC(=O)NCCSCCSC)CC2)cc1. The molecule has 3 N–H and O–H groups in total. The Labute approximate surface area is 222 Å². The highest BCUT2D eigenvalue weighted by Crippen LogP contribution is 2.22. The minimum atomic E-state index is 0.0666. The Hall–Kier alpha value is -0.550. The highest BCUT2D eigenvalue weighted by Gasteiger charge is 2.25. The third-order valence-corrected chi connectivity index (χ3v) is 9.53. The lowest BCUT2D eigenvalue weighted by molar-refractivity contribution is -0.897. The first kappa shape index (κ1) is 29.7. The molecule has 10 heteroatoms. The summed E-state index contributed by atoms with van der Waals surface area (Å²) >= 11 is 7.51. The number of aromatic nitrogens is 1. The smallest absolute Gasteiger partial charge is 0.286 e. The van der Waals surface area contributed by atoms with E-state index < -0.39 is 0 Å². The van der Waals surface area contributed by atoms with E-state index in [0.29, 0.717) is 19.0 Å². The summed E-state index contributed by atoms with van der Waals surface area (Å²) < 4.78 is 1.95. The third kappa shape index (κ3) is 13.0. The highest BCUT2D eigenvalue weighted by atomic mass is 32.2. The first-order valence-electron chi connectivity index (χ1n) is 12.1. The van der Waals surface area contributed by atoms with Gasteiger partial charge in [0.25, 0.3) is 11.8 Å². The lowest BCUT2D eigenvalue weighted by Gasteiger charge is -2.28. The Morgan fingerprint density at radius 3 is 2.00 bits per heavy atom. The summed E-state index contributed by atoms with van der Waals surface area (Å²) in [7, 11) is 0. The standard InChI is InChI=1S/C24H40N4O2S4/c1-31-15-17-33-13-7-25-23(29)19-27-9-3-21(4-10-27)22-5-11-28(12-6-22)20-24(30)26-8-14-34-18-16-32-2/h3-4,9-10,22H,5-8,11-20H2,1-2H3,(H-,25,26,29,30)/p+2. The Kier molecular flexibility index (Phi) is 16.3. The fourth-order valence-electron chi connectivity index (χ4n) is 3.91. The molecule has 0 spiro atoms. The molecule has 0 bridgehead atoms. The summed E-state index contributed by atoms with van der Waals surface area (Å²) in [4.78, 5) is 25.8. The van der Waals surface area contributed by atoms with Gasteiger partial charge in [-0.1, -0.05) is 0 Å². The van der Waals surface area contributed by atoms with Crippen molar-refractivity contribution in [3.05, 3.63) is 30.1 Å². The predicted octanol–water partition coefficient (Wildman–Crippen LogP) is 1.16. The summed E-state index contributed by atoms with van der Waals surface area (Å²) in [5.41, 5.74) is 1.34. The average molecular weight is 547 g/mol. The summed E-state index contributed by atoms with van der Waals surface area (Å²) in [6.07, 6.45) is 10.5. The zero-order valence-corrected chi connectivity index (χ0v) is 23.9. The van der Waals surface area contributed by atoms with E-state index in [4.69, 9.17) is 0 Å². The number of thioether (sulfide) groups is 4. The van der Waals surface area contributed by atoms with Crippen molar-refractivity contribution in [2.75, 3.05) is 79.8 Å². The van der Waals surface area contributed by atoms with E-state index in [1.54, 1.807) is 0 Å². The van der Waals surface area contributed by atoms with Crippen LogP contribution in [0.15, 0.2) is 24.5 Å². The van der Waals surface area contributed by atoms with Crippen molar-refractivity contribution < 1.29 is 19.1 Å². The van der Waals surface area contributed by atoms with Gasteiger partial charge in [-0.2, -0.15) is 51.6 Å². The van der Waals surface area contributed by atoms with E-state index in [-0.39, 0.29) is 11.8 Å². The molecule has 0 unspecified atom stereocenters. The zero-order chi connectivity index (χ0) is 24.4. The van der Waals surface area contributed by atoms with Gasteiger partial charge in [0, 0.05) is 72.6 Å². The summed E-state index contributed by atoms with van der Waals surface area (Å²) in [6, 6.07) is 4.31. The number of hydrogen-bond acceptors (Lipinski definition) is 6. The number of hydrogen-bond donors (Lipinski definition) is 3. The van der Waals surface area contributed by atoms with Gasteiger partial charge in [-0.05, 0) is 24.0 Å². The van der Waals surface area contributed by atoms with Gasteiger partial charge in [-0.15, -0.1) is 0 Å². The van der Waals surface area contributed by atoms with Crippen LogP contribution in [0.5, 0.6) is 0 Å². The molecule has 2 heterocycles. The number of carbonyl (C=O) groups is 2. The number of pyridine rings is 1. The second-order valence-corrected chi connectivity index (χ2v) is 12.8. The van der Waals surface area contributed by atoms with E-state index in [9.17, 15) is 9.59 Å². The van der Waals surface area contributed by atoms with Gasteiger partial charge in [0.05, 0.1) is 13.1 Å². The predicted molar refractivity (Wildman–Crippen MR) is 152 cm³/mol. The average Bonchev–Trinajstić information content (AvgIpc) is 2.84. The number of amides is 2. The summed E-state index contributed by atoms with van der Waals surface area (Å²) in [5, 5.41) is 6.08. The fraction of sp³-hybridized carbons (Fsp3) is 0.708. The van der Waals surface area contributed by atoms with Crippen molar-refractivity contribution in [3.63, 3.8) is 0 Å². The lowest BCUT2D eigenvalue weighted by atomic mass is 9.90. The highest BCUT2D eigenvalue weighted by molar-refractivity contribution is 8.03. The van der Waals surface area contributed by atoms with Crippen LogP contribution in [0.3, 0.4) is 0 Å². The molecule has 192 valence electrons. The molecule has 1 fully saturated rings. The van der Waals surface area contributed by atoms with Crippen LogP contribution in [0.4, 0.5) is 0 Å². The van der Waals surface area contributed by atoms with Crippen LogP contribution in [0.25, 0.3) is 0 Å². The molecule has 6 nitrogen and oxygen atoms in total. The van der Waals surface area contributed by atoms with E-state index in [1.165, 1.54) is 16.2 Å². The molecule has 0 aliphatic carbocycles. The number of likely N-dealkylation sites (tertiary alicyclic amines) is 1. The van der Waals surface area contributed by atoms with Crippen molar-refractivity contribution in [2.45, 2.75) is 25.3 Å². The minimum absolute atomic E-state index is 0.0666. The molecular formula is C24H42N4O2S4+2. The van der Waals surface area contributed by atoms with Gasteiger partial charge in [0.15, 0.2) is 18.9 Å². The molecule has 1 aliphatic rings. The van der Waals surface area contributed by atoms with Crippen LogP contribution in [0.1, 0.15) is 24.3 Å². The lowest BCUT2D eigenvalue weighted by Crippen LogP contribution is -3.14. The number of nitrogens with one attached hydrogen (secondary N) is 3. The molecule has 2 rings (SSSR count). The molecule has 1 saturated heterocycles. The Balaban J connectivity index is 1.60. The van der Waals surface area contributed by atoms with Crippen molar-refractivity contribution >= 4 is 58.9 Å². The fourth-order valence-corrected chi connectivity index (χ4v) is 7.08. The maximum atomic E-state index is 12.2. The largest absolute Gasteiger partial charge is 0.350 e. The topological polar surface area (TPSA) is 66.5 Å². The van der Waals surface area contributed by atoms with Crippen LogP contribution in [-0.2, 0) is 16.1 Å². The number of nitrogens with zero attached hydrogens (tertiary/aromatic N) is 1. The van der Waals surface area contributed by atoms with Gasteiger partial charge in [-0.3, -0.25) is 9.59 Å². The third-order valence-electron chi connectivity index (χ3n) is 5.82. The Morgan fingerprint density at radius 2 is 1.44 bits per heavy atom. The maximum Gasteiger partial charge on any atom is 0.286 e. The molecule has 0 aromatic carbocycles. The molecule has 1 aromatic heterocycles. The first-order chi connectivity index (χ1) is 16.6. The van der Waals surface area contributed by atoms with Crippen LogP contribution in [0, 0.1) is 0 Å². The van der Waals surface area contributed by atoms with Gasteiger partial charge < -0.3 is 15.5 Å². The minimum Gasteiger partial charge on any atom is -0.350 e. The molecule has 1 aromatic rings. The molecule has 2 amide bonds. The van der Waals surface area contributed by atoms with Gasteiger partial charge >= 0.3 is 0 Å². The molecule has 34 heavy (non-hydrogen) atoms. The van der Waals surface area contributed by atoms with Crippen molar-refractivity contribution in [2.24, 2.45) is 0 Å². The van der Waals surface area contributed by atoms with Gasteiger partial charge in [0.2, 0.25) is 6.54 Å². The molecular weight excluding hydrogens is 505 g/mol. The normalized spacial score (nSPS) is 17.9. The summed E-state index contributed by atoms with van der Waals surface area (Å²) in [5.74, 6) is 7.38. The second-order valence-electron chi connectivity index (χ2n) is 8.42. The first-order valence-corrected chi connectivity index (χ1v) is 17.2. The van der Waals surface area contributed by atoms with Crippen LogP contribution < -0.4 is 20.1 Å². The van der Waals surface area contributed by atoms with Gasteiger partial charge in [0.1, 0.15) is 0 Å². The second kappa shape index (κ2) is 18.7. The quantitative estimate of drug-likeness (QED) is 0.201. The number of carbonyl (C=O) groups excluding carboxylic acids is 2. The molecule has 0 radical (unpaired) electrons. The van der Waals surface area contributed by atoms with Crippen molar-refractivity contribution in [3.8, 4) is 0 Å². The van der Waals surface area contributed by atoms with Crippen LogP contribution in [0.2, 0.25) is 0 Å². The van der Waals surface area contributed by atoms with Crippen LogP contribution in [-0.4, -0.2) is 91.6 Å². The monoisotopic (exact) mass is 546 g/mol. The van der Waals surface area contributed by atoms with Crippen LogP contribution >= 0.6 is 47.0 Å². The molecule has 1 aliphatic heterocycles. The van der Waals surface area contributed by atoms with E-state index >= 15 is 0 Å². The van der Waals surface area contributed by atoms with Crippen molar-refractivity contribution in [1.29, 1.82) is 0 Å². The number of piperidine rings is 1. The van der Waals surface area contributed by atoms with Gasteiger partial charge in [-0.25, -0.2) is 0 Å². The summed E-state index contributed by atoms with van der Waals surface area (Å²) in [6.45, 7) is 4.52.